The Labute approximate surface area is 218 Å². The highest BCUT2D eigenvalue weighted by atomic mass is 32.1. The maximum atomic E-state index is 13.4. The number of thiocarbonyl (C=S) groups is 1. The lowest BCUT2D eigenvalue weighted by Gasteiger charge is -2.30. The average Bonchev–Trinajstić information content (AvgIpc) is 3.12. The van der Waals surface area contributed by atoms with Gasteiger partial charge in [0.2, 0.25) is 0 Å². The molecule has 8 nitrogen and oxygen atoms in total. The summed E-state index contributed by atoms with van der Waals surface area (Å²) in [7, 11) is 1.48. The highest BCUT2D eigenvalue weighted by Crippen LogP contribution is 2.30. The number of nitrogens with zero attached hydrogens (tertiary/aromatic N) is 2. The number of nitrogens with one attached hydrogen (secondary N) is 1. The van der Waals surface area contributed by atoms with E-state index in [2.05, 4.69) is 5.32 Å². The third kappa shape index (κ3) is 4.19. The number of aryl methyl sites for hydroxylation is 1. The molecule has 1 N–H and O–H groups in total. The fourth-order valence-electron chi connectivity index (χ4n) is 4.42. The van der Waals surface area contributed by atoms with Crippen LogP contribution >= 0.6 is 12.2 Å². The van der Waals surface area contributed by atoms with Crippen molar-refractivity contribution in [3.05, 3.63) is 100 Å². The predicted octanol–water partition coefficient (Wildman–Crippen LogP) is 3.63. The molecule has 0 spiro atoms. The number of methoxy groups -OCH3 is 1. The molecule has 0 saturated carbocycles. The number of anilines is 1. The van der Waals surface area contributed by atoms with Crippen LogP contribution in [0.1, 0.15) is 37.4 Å². The summed E-state index contributed by atoms with van der Waals surface area (Å²) in [6, 6.07) is 18.9. The summed E-state index contributed by atoms with van der Waals surface area (Å²) < 4.78 is 5.45. The van der Waals surface area contributed by atoms with Crippen molar-refractivity contribution in [1.82, 2.24) is 10.2 Å². The first-order chi connectivity index (χ1) is 17.8. The third-order valence-electron chi connectivity index (χ3n) is 6.28. The lowest BCUT2D eigenvalue weighted by Crippen LogP contribution is -2.54. The SMILES string of the molecule is COc1ccc(C=C2C(=O)NC(=S)N(c3ccccc3C)C2=O)cc1CN1C(=O)c2ccccc2C1=O. The molecule has 0 aromatic heterocycles. The number of ether oxygens (including phenoxy) is 1. The van der Waals surface area contributed by atoms with E-state index in [0.717, 1.165) is 10.5 Å². The topological polar surface area (TPSA) is 96.0 Å². The summed E-state index contributed by atoms with van der Waals surface area (Å²) in [6.07, 6.45) is 1.45. The van der Waals surface area contributed by atoms with E-state index in [4.69, 9.17) is 17.0 Å². The van der Waals surface area contributed by atoms with Gasteiger partial charge in [0.05, 0.1) is 30.5 Å². The molecule has 9 heteroatoms. The molecule has 4 amide bonds. The summed E-state index contributed by atoms with van der Waals surface area (Å²) in [6.45, 7) is 1.81. The Balaban J connectivity index is 1.49. The molecule has 0 atom stereocenters. The van der Waals surface area contributed by atoms with Crippen LogP contribution in [0.5, 0.6) is 5.75 Å². The summed E-state index contributed by atoms with van der Waals surface area (Å²) in [5.74, 6) is -1.49. The van der Waals surface area contributed by atoms with E-state index in [1.165, 1.54) is 18.1 Å². The number of amides is 4. The maximum Gasteiger partial charge on any atom is 0.270 e. The number of hydrogen-bond acceptors (Lipinski definition) is 6. The fraction of sp³-hybridized carbons (Fsp3) is 0.107. The van der Waals surface area contributed by atoms with Crippen molar-refractivity contribution in [1.29, 1.82) is 0 Å². The van der Waals surface area contributed by atoms with E-state index in [-0.39, 0.29) is 17.2 Å². The van der Waals surface area contributed by atoms with Gasteiger partial charge in [0.15, 0.2) is 5.11 Å². The van der Waals surface area contributed by atoms with Crippen LogP contribution < -0.4 is 15.0 Å². The van der Waals surface area contributed by atoms with Crippen LogP contribution in [0.3, 0.4) is 0 Å². The van der Waals surface area contributed by atoms with Crippen molar-refractivity contribution in [2.75, 3.05) is 12.0 Å². The number of carbonyl (C=O) groups is 4. The molecule has 3 aromatic carbocycles. The lowest BCUT2D eigenvalue weighted by atomic mass is 10.0. The molecule has 2 heterocycles. The Bertz CT molecular complexity index is 1510. The van der Waals surface area contributed by atoms with Gasteiger partial charge in [-0.15, -0.1) is 0 Å². The third-order valence-corrected chi connectivity index (χ3v) is 6.56. The molecule has 0 aliphatic carbocycles. The molecule has 37 heavy (non-hydrogen) atoms. The minimum atomic E-state index is -0.613. The highest BCUT2D eigenvalue weighted by molar-refractivity contribution is 7.80. The quantitative estimate of drug-likeness (QED) is 0.243. The molecular formula is C28H21N3O5S. The van der Waals surface area contributed by atoms with Gasteiger partial charge < -0.3 is 4.74 Å². The second kappa shape index (κ2) is 9.44. The minimum absolute atomic E-state index is 0.00231. The zero-order chi connectivity index (χ0) is 26.3. The van der Waals surface area contributed by atoms with Gasteiger partial charge in [0.1, 0.15) is 11.3 Å². The van der Waals surface area contributed by atoms with Crippen LogP contribution in [0.4, 0.5) is 5.69 Å². The molecule has 5 rings (SSSR count). The Hall–Kier alpha value is -4.63. The second-order valence-corrected chi connectivity index (χ2v) is 8.94. The summed E-state index contributed by atoms with van der Waals surface area (Å²) in [5.41, 5.74) is 3.05. The van der Waals surface area contributed by atoms with E-state index >= 15 is 0 Å². The number of fused-ring (bicyclic) bond motifs is 1. The second-order valence-electron chi connectivity index (χ2n) is 8.56. The van der Waals surface area contributed by atoms with Crippen LogP contribution in [-0.4, -0.2) is 40.8 Å². The van der Waals surface area contributed by atoms with Crippen molar-refractivity contribution in [2.24, 2.45) is 0 Å². The molecule has 2 aliphatic rings. The van der Waals surface area contributed by atoms with Gasteiger partial charge in [-0.1, -0.05) is 36.4 Å². The lowest BCUT2D eigenvalue weighted by molar-refractivity contribution is -0.122. The Morgan fingerprint density at radius 3 is 2.19 bits per heavy atom. The van der Waals surface area contributed by atoms with Crippen LogP contribution in [0.25, 0.3) is 6.08 Å². The molecule has 1 saturated heterocycles. The fourth-order valence-corrected chi connectivity index (χ4v) is 4.70. The minimum Gasteiger partial charge on any atom is -0.496 e. The monoisotopic (exact) mass is 511 g/mol. The van der Waals surface area contributed by atoms with Crippen molar-refractivity contribution < 1.29 is 23.9 Å². The number of rotatable bonds is 5. The van der Waals surface area contributed by atoms with Gasteiger partial charge in [-0.2, -0.15) is 0 Å². The van der Waals surface area contributed by atoms with Crippen LogP contribution in [0.2, 0.25) is 0 Å². The van der Waals surface area contributed by atoms with Crippen molar-refractivity contribution in [3.8, 4) is 5.75 Å². The summed E-state index contributed by atoms with van der Waals surface area (Å²) in [4.78, 5) is 54.3. The molecule has 3 aromatic rings. The van der Waals surface area contributed by atoms with Crippen molar-refractivity contribution >= 4 is 52.7 Å². The van der Waals surface area contributed by atoms with E-state index in [0.29, 0.717) is 33.7 Å². The van der Waals surface area contributed by atoms with Gasteiger partial charge in [-0.3, -0.25) is 34.3 Å². The van der Waals surface area contributed by atoms with E-state index in [9.17, 15) is 19.2 Å². The normalized spacial score (nSPS) is 16.4. The average molecular weight is 512 g/mol. The molecule has 0 bridgehead atoms. The van der Waals surface area contributed by atoms with Gasteiger partial charge in [0.25, 0.3) is 23.6 Å². The Morgan fingerprint density at radius 1 is 0.892 bits per heavy atom. The first-order valence-corrected chi connectivity index (χ1v) is 11.8. The van der Waals surface area contributed by atoms with E-state index < -0.39 is 23.6 Å². The number of para-hydroxylation sites is 1. The molecule has 0 unspecified atom stereocenters. The standard InChI is InChI=1S/C28H21N3O5S/c1-16-7-3-6-10-22(16)31-27(35)21(24(32)29-28(31)37)14-17-11-12-23(36-2)18(13-17)15-30-25(33)19-8-4-5-9-20(19)26(30)34/h3-14H,15H2,1-2H3,(H,29,32,37). The van der Waals surface area contributed by atoms with Gasteiger partial charge >= 0.3 is 0 Å². The first kappa shape index (κ1) is 24.1. The van der Waals surface area contributed by atoms with Gasteiger partial charge in [-0.05, 0) is 66.7 Å². The number of hydrogen-bond donors (Lipinski definition) is 1. The molecule has 0 radical (unpaired) electrons. The van der Waals surface area contributed by atoms with Crippen molar-refractivity contribution in [3.63, 3.8) is 0 Å². The summed E-state index contributed by atoms with van der Waals surface area (Å²) >= 11 is 5.29. The van der Waals surface area contributed by atoms with Gasteiger partial charge in [-0.25, -0.2) is 0 Å². The van der Waals surface area contributed by atoms with Crippen LogP contribution in [-0.2, 0) is 16.1 Å². The van der Waals surface area contributed by atoms with Crippen LogP contribution in [0.15, 0.2) is 72.3 Å². The van der Waals surface area contributed by atoms with Crippen LogP contribution in [0, 0.1) is 6.92 Å². The van der Waals surface area contributed by atoms with Gasteiger partial charge in [0, 0.05) is 5.56 Å². The zero-order valence-corrected chi connectivity index (χ0v) is 20.8. The molecular weight excluding hydrogens is 490 g/mol. The zero-order valence-electron chi connectivity index (χ0n) is 20.0. The number of carbonyl (C=O) groups excluding carboxylic acids is 4. The highest BCUT2D eigenvalue weighted by Gasteiger charge is 2.36. The first-order valence-electron chi connectivity index (χ1n) is 11.4. The molecule has 2 aliphatic heterocycles. The van der Waals surface area contributed by atoms with E-state index in [1.807, 2.05) is 19.1 Å². The Kier molecular flexibility index (Phi) is 6.14. The summed E-state index contributed by atoms with van der Waals surface area (Å²) in [5, 5.41) is 2.58. The smallest absolute Gasteiger partial charge is 0.270 e. The largest absolute Gasteiger partial charge is 0.496 e. The molecule has 184 valence electrons. The Morgan fingerprint density at radius 2 is 1.54 bits per heavy atom. The number of benzene rings is 3. The molecule has 1 fully saturated rings. The van der Waals surface area contributed by atoms with Crippen molar-refractivity contribution in [2.45, 2.75) is 13.5 Å². The van der Waals surface area contributed by atoms with E-state index in [1.54, 1.807) is 54.6 Å². The predicted molar refractivity (Wildman–Crippen MR) is 141 cm³/mol. The number of imide groups is 1. The maximum absolute atomic E-state index is 13.4.